The first-order valence-electron chi connectivity index (χ1n) is 4.85. The molecule has 0 fully saturated rings. The Morgan fingerprint density at radius 1 is 1.40 bits per heavy atom. The van der Waals surface area contributed by atoms with E-state index in [-0.39, 0.29) is 0 Å². The highest BCUT2D eigenvalue weighted by Gasteiger charge is 2.05. The third kappa shape index (κ3) is 2.45. The molecule has 0 unspecified atom stereocenters. The molecule has 0 N–H and O–H groups in total. The van der Waals surface area contributed by atoms with Crippen molar-refractivity contribution in [2.45, 2.75) is 19.8 Å². The monoisotopic (exact) mass is 266 g/mol. The summed E-state index contributed by atoms with van der Waals surface area (Å²) in [5.41, 5.74) is 1.88. The van der Waals surface area contributed by atoms with Crippen molar-refractivity contribution < 1.29 is 4.42 Å². The van der Waals surface area contributed by atoms with Crippen molar-refractivity contribution >= 4 is 15.9 Å². The molecule has 0 aliphatic carbocycles. The van der Waals surface area contributed by atoms with E-state index < -0.39 is 0 Å². The predicted octanol–water partition coefficient (Wildman–Crippen LogP) is 3.45. The molecule has 0 saturated heterocycles. The summed E-state index contributed by atoms with van der Waals surface area (Å²) in [6.07, 6.45) is 5.26. The van der Waals surface area contributed by atoms with Gasteiger partial charge in [-0.2, -0.15) is 0 Å². The van der Waals surface area contributed by atoms with Gasteiger partial charge in [-0.15, -0.1) is 0 Å². The molecule has 0 saturated carbocycles. The maximum Gasteiger partial charge on any atom is 0.130 e. The normalized spacial score (nSPS) is 10.5. The minimum Gasteiger partial charge on any atom is -0.472 e. The van der Waals surface area contributed by atoms with Crippen LogP contribution in [-0.2, 0) is 6.42 Å². The lowest BCUT2D eigenvalue weighted by Crippen LogP contribution is -1.96. The molecule has 0 amide bonds. The first-order chi connectivity index (χ1) is 7.29. The molecule has 2 heterocycles. The van der Waals surface area contributed by atoms with Crippen molar-refractivity contribution in [1.82, 2.24) is 9.97 Å². The van der Waals surface area contributed by atoms with Crippen molar-refractivity contribution in [2.24, 2.45) is 0 Å². The first-order valence-corrected chi connectivity index (χ1v) is 5.65. The van der Waals surface area contributed by atoms with E-state index >= 15 is 0 Å². The Balaban J connectivity index is 2.40. The van der Waals surface area contributed by atoms with Crippen LogP contribution in [-0.4, -0.2) is 9.97 Å². The number of halogens is 1. The van der Waals surface area contributed by atoms with E-state index in [4.69, 9.17) is 4.42 Å². The number of aromatic nitrogens is 2. The van der Waals surface area contributed by atoms with Crippen LogP contribution in [0.1, 0.15) is 19.2 Å². The fraction of sp³-hybridized carbons (Fsp3) is 0.273. The van der Waals surface area contributed by atoms with Gasteiger partial charge in [0.2, 0.25) is 0 Å². The summed E-state index contributed by atoms with van der Waals surface area (Å²) in [6.45, 7) is 2.11. The molecular formula is C11H11BrN2O. The van der Waals surface area contributed by atoms with Gasteiger partial charge in [0.25, 0.3) is 0 Å². The summed E-state index contributed by atoms with van der Waals surface area (Å²) in [4.78, 5) is 8.77. The van der Waals surface area contributed by atoms with Crippen molar-refractivity contribution in [1.29, 1.82) is 0 Å². The van der Waals surface area contributed by atoms with Crippen LogP contribution < -0.4 is 0 Å². The van der Waals surface area contributed by atoms with Crippen molar-refractivity contribution in [3.8, 4) is 11.3 Å². The van der Waals surface area contributed by atoms with Gasteiger partial charge in [0.1, 0.15) is 10.4 Å². The lowest BCUT2D eigenvalue weighted by atomic mass is 10.2. The van der Waals surface area contributed by atoms with Crippen LogP contribution in [0.2, 0.25) is 0 Å². The van der Waals surface area contributed by atoms with E-state index in [9.17, 15) is 0 Å². The van der Waals surface area contributed by atoms with Crippen LogP contribution in [0.15, 0.2) is 33.7 Å². The van der Waals surface area contributed by atoms with Crippen molar-refractivity contribution in [2.75, 3.05) is 0 Å². The molecule has 0 aliphatic heterocycles. The third-order valence-corrected chi connectivity index (χ3v) is 2.44. The van der Waals surface area contributed by atoms with Crippen LogP contribution >= 0.6 is 15.9 Å². The molecule has 2 rings (SSSR count). The smallest absolute Gasteiger partial charge is 0.130 e. The number of rotatable bonds is 3. The van der Waals surface area contributed by atoms with E-state index in [0.29, 0.717) is 0 Å². The summed E-state index contributed by atoms with van der Waals surface area (Å²) >= 11 is 3.39. The van der Waals surface area contributed by atoms with E-state index in [0.717, 1.165) is 34.5 Å². The van der Waals surface area contributed by atoms with Crippen molar-refractivity contribution in [3.63, 3.8) is 0 Å². The van der Waals surface area contributed by atoms with E-state index in [2.05, 4.69) is 32.8 Å². The fourth-order valence-corrected chi connectivity index (χ4v) is 1.78. The highest BCUT2D eigenvalue weighted by Crippen LogP contribution is 2.20. The van der Waals surface area contributed by atoms with Gasteiger partial charge in [-0.25, -0.2) is 9.97 Å². The second-order valence-electron chi connectivity index (χ2n) is 3.25. The Morgan fingerprint density at radius 2 is 2.27 bits per heavy atom. The lowest BCUT2D eigenvalue weighted by Gasteiger charge is -2.02. The van der Waals surface area contributed by atoms with Crippen LogP contribution in [0.3, 0.4) is 0 Å². The van der Waals surface area contributed by atoms with Crippen LogP contribution in [0, 0.1) is 0 Å². The van der Waals surface area contributed by atoms with Crippen LogP contribution in [0.4, 0.5) is 0 Å². The molecule has 0 aromatic carbocycles. The van der Waals surface area contributed by atoms with Gasteiger partial charge in [0.05, 0.1) is 18.2 Å². The standard InChI is InChI=1S/C11H11BrN2O/c1-2-3-11-13-9(6-10(12)14-11)8-4-5-15-7-8/h4-7H,2-3H2,1H3. The minimum atomic E-state index is 0.817. The number of aryl methyl sites for hydroxylation is 1. The quantitative estimate of drug-likeness (QED) is 0.799. The second-order valence-corrected chi connectivity index (χ2v) is 4.07. The number of hydrogen-bond donors (Lipinski definition) is 0. The maximum atomic E-state index is 5.03. The van der Waals surface area contributed by atoms with Crippen LogP contribution in [0.5, 0.6) is 0 Å². The Hall–Kier alpha value is -1.16. The molecule has 78 valence electrons. The SMILES string of the molecule is CCCc1nc(Br)cc(-c2ccoc2)n1. The first kappa shape index (κ1) is 10.4. The van der Waals surface area contributed by atoms with Gasteiger partial charge < -0.3 is 4.42 Å². The van der Waals surface area contributed by atoms with E-state index in [1.54, 1.807) is 12.5 Å². The molecule has 0 bridgehead atoms. The van der Waals surface area contributed by atoms with Gasteiger partial charge in [-0.3, -0.25) is 0 Å². The third-order valence-electron chi connectivity index (χ3n) is 2.03. The summed E-state index contributed by atoms with van der Waals surface area (Å²) in [7, 11) is 0. The number of furan rings is 1. The Bertz CT molecular complexity index is 440. The summed E-state index contributed by atoms with van der Waals surface area (Å²) in [5, 5.41) is 0. The van der Waals surface area contributed by atoms with Gasteiger partial charge in [0.15, 0.2) is 0 Å². The van der Waals surface area contributed by atoms with Crippen LogP contribution in [0.25, 0.3) is 11.3 Å². The topological polar surface area (TPSA) is 38.9 Å². The Kier molecular flexibility index (Phi) is 3.16. The molecule has 0 aliphatic rings. The largest absolute Gasteiger partial charge is 0.472 e. The zero-order chi connectivity index (χ0) is 10.7. The Morgan fingerprint density at radius 3 is 2.93 bits per heavy atom. The summed E-state index contributed by atoms with van der Waals surface area (Å²) in [5.74, 6) is 0.864. The molecule has 0 spiro atoms. The second kappa shape index (κ2) is 4.57. The molecule has 0 atom stereocenters. The fourth-order valence-electron chi connectivity index (χ4n) is 1.36. The van der Waals surface area contributed by atoms with E-state index in [1.165, 1.54) is 0 Å². The zero-order valence-electron chi connectivity index (χ0n) is 8.40. The minimum absolute atomic E-state index is 0.817. The predicted molar refractivity (Wildman–Crippen MR) is 61.4 cm³/mol. The maximum absolute atomic E-state index is 5.03. The molecule has 3 nitrogen and oxygen atoms in total. The number of nitrogens with zero attached hydrogens (tertiary/aromatic N) is 2. The summed E-state index contributed by atoms with van der Waals surface area (Å²) < 4.78 is 5.85. The number of hydrogen-bond acceptors (Lipinski definition) is 3. The van der Waals surface area contributed by atoms with E-state index in [1.807, 2.05) is 12.1 Å². The Labute approximate surface area is 96.7 Å². The summed E-state index contributed by atoms with van der Waals surface area (Å²) in [6, 6.07) is 3.79. The molecular weight excluding hydrogens is 256 g/mol. The molecule has 15 heavy (non-hydrogen) atoms. The molecule has 2 aromatic heterocycles. The van der Waals surface area contributed by atoms with Crippen molar-refractivity contribution in [3.05, 3.63) is 35.1 Å². The zero-order valence-corrected chi connectivity index (χ0v) is 9.99. The highest BCUT2D eigenvalue weighted by atomic mass is 79.9. The molecule has 4 heteroatoms. The van der Waals surface area contributed by atoms with Gasteiger partial charge in [-0.05, 0) is 34.5 Å². The molecule has 0 radical (unpaired) electrons. The van der Waals surface area contributed by atoms with Gasteiger partial charge in [-0.1, -0.05) is 6.92 Å². The van der Waals surface area contributed by atoms with Gasteiger partial charge >= 0.3 is 0 Å². The molecule has 2 aromatic rings. The average molecular weight is 267 g/mol. The highest BCUT2D eigenvalue weighted by molar-refractivity contribution is 9.10. The lowest BCUT2D eigenvalue weighted by molar-refractivity contribution is 0.568. The van der Waals surface area contributed by atoms with Gasteiger partial charge in [0, 0.05) is 12.0 Å². The average Bonchev–Trinajstić information content (AvgIpc) is 2.70.